The Morgan fingerprint density at radius 3 is 0.656 bits per heavy atom. The van der Waals surface area contributed by atoms with E-state index in [2.05, 4.69) is 12.2 Å². The lowest BCUT2D eigenvalue weighted by molar-refractivity contribution is 0.282. The van der Waals surface area contributed by atoms with Gasteiger partial charge in [0, 0.05) is 13.2 Å². The van der Waals surface area contributed by atoms with Crippen molar-refractivity contribution < 1.29 is 10.2 Å². The largest absolute Gasteiger partial charge is 0.396 e. The molecule has 0 heterocycles. The van der Waals surface area contributed by atoms with Gasteiger partial charge in [-0.25, -0.2) is 0 Å². The summed E-state index contributed by atoms with van der Waals surface area (Å²) >= 11 is 0. The molecule has 0 bridgehead atoms. The molecule has 0 aromatic heterocycles. The molecule has 0 unspecified atom stereocenters. The second-order valence-electron chi connectivity index (χ2n) is 9.98. The van der Waals surface area contributed by atoms with Gasteiger partial charge in [0.2, 0.25) is 0 Å². The summed E-state index contributed by atoms with van der Waals surface area (Å²) in [6.07, 6.45) is 39.8. The molecule has 0 amide bonds. The van der Waals surface area contributed by atoms with E-state index in [4.69, 9.17) is 10.2 Å². The van der Waals surface area contributed by atoms with E-state index in [0.29, 0.717) is 13.2 Å². The molecular weight excluding hydrogens is 392 g/mol. The van der Waals surface area contributed by atoms with Crippen molar-refractivity contribution in [3.8, 4) is 0 Å². The van der Waals surface area contributed by atoms with Gasteiger partial charge >= 0.3 is 0 Å². The molecule has 0 aliphatic heterocycles. The average molecular weight is 453 g/mol. The average Bonchev–Trinajstić information content (AvgIpc) is 2.81. The minimum atomic E-state index is 0.366. The van der Waals surface area contributed by atoms with E-state index in [1.54, 1.807) is 0 Å². The molecule has 0 fully saturated rings. The molecule has 0 aliphatic carbocycles. The third-order valence-electron chi connectivity index (χ3n) is 6.72. The SMILES string of the molecule is OCCCCCCCCCCCCCC/C=C/CCCCCCCCCCCCCCO. The molecule has 0 aliphatic rings. The van der Waals surface area contributed by atoms with Gasteiger partial charge in [0.15, 0.2) is 0 Å². The molecule has 0 aromatic carbocycles. The van der Waals surface area contributed by atoms with E-state index in [-0.39, 0.29) is 0 Å². The summed E-state index contributed by atoms with van der Waals surface area (Å²) in [5.74, 6) is 0. The van der Waals surface area contributed by atoms with Crippen LogP contribution in [0.5, 0.6) is 0 Å². The monoisotopic (exact) mass is 452 g/mol. The zero-order valence-corrected chi connectivity index (χ0v) is 21.8. The van der Waals surface area contributed by atoms with E-state index in [1.165, 1.54) is 154 Å². The summed E-state index contributed by atoms with van der Waals surface area (Å²) in [4.78, 5) is 0. The number of aliphatic hydroxyl groups is 2. The zero-order chi connectivity index (χ0) is 23.2. The lowest BCUT2D eigenvalue weighted by Gasteiger charge is -2.03. The van der Waals surface area contributed by atoms with Crippen LogP contribution in [0.2, 0.25) is 0 Å². The topological polar surface area (TPSA) is 40.5 Å². The predicted molar refractivity (Wildman–Crippen MR) is 143 cm³/mol. The summed E-state index contributed by atoms with van der Waals surface area (Å²) in [7, 11) is 0. The highest BCUT2D eigenvalue weighted by atomic mass is 16.3. The van der Waals surface area contributed by atoms with Crippen LogP contribution in [0.1, 0.15) is 167 Å². The molecule has 0 radical (unpaired) electrons. The van der Waals surface area contributed by atoms with Gasteiger partial charge in [-0.1, -0.05) is 141 Å². The first kappa shape index (κ1) is 31.7. The van der Waals surface area contributed by atoms with Crippen molar-refractivity contribution in [2.45, 2.75) is 167 Å². The Labute approximate surface area is 202 Å². The minimum absolute atomic E-state index is 0.366. The van der Waals surface area contributed by atoms with Crippen LogP contribution in [0.15, 0.2) is 12.2 Å². The van der Waals surface area contributed by atoms with Crippen LogP contribution in [0.3, 0.4) is 0 Å². The summed E-state index contributed by atoms with van der Waals surface area (Å²) in [6.45, 7) is 0.732. The summed E-state index contributed by atoms with van der Waals surface area (Å²) in [5, 5.41) is 17.5. The predicted octanol–water partition coefficient (Wildman–Crippen LogP) is 9.67. The Hall–Kier alpha value is -0.340. The number of hydrogen-bond acceptors (Lipinski definition) is 2. The smallest absolute Gasteiger partial charge is 0.0431 e. The Bertz CT molecular complexity index is 308. The van der Waals surface area contributed by atoms with Crippen molar-refractivity contribution in [1.29, 1.82) is 0 Å². The third kappa shape index (κ3) is 29.7. The third-order valence-corrected chi connectivity index (χ3v) is 6.72. The molecule has 192 valence electrons. The Morgan fingerprint density at radius 1 is 0.250 bits per heavy atom. The summed E-state index contributed by atoms with van der Waals surface area (Å²) < 4.78 is 0. The molecule has 0 spiro atoms. The van der Waals surface area contributed by atoms with Crippen LogP contribution >= 0.6 is 0 Å². The van der Waals surface area contributed by atoms with Crippen LogP contribution in [0, 0.1) is 0 Å². The molecule has 2 N–H and O–H groups in total. The second-order valence-corrected chi connectivity index (χ2v) is 9.98. The highest BCUT2D eigenvalue weighted by molar-refractivity contribution is 4.81. The normalized spacial score (nSPS) is 11.7. The van der Waals surface area contributed by atoms with E-state index >= 15 is 0 Å². The van der Waals surface area contributed by atoms with Gasteiger partial charge in [0.25, 0.3) is 0 Å². The van der Waals surface area contributed by atoms with E-state index in [0.717, 1.165) is 12.8 Å². The van der Waals surface area contributed by atoms with E-state index in [9.17, 15) is 0 Å². The standard InChI is InChI=1S/C30H60O2/c31-29-27-25-23-21-19-17-15-13-11-9-7-5-3-1-2-4-6-8-10-12-14-16-18-20-22-24-26-28-30-32/h1-2,31-32H,3-30H2/b2-1+. The molecule has 2 nitrogen and oxygen atoms in total. The highest BCUT2D eigenvalue weighted by Crippen LogP contribution is 2.14. The van der Waals surface area contributed by atoms with Gasteiger partial charge in [0.05, 0.1) is 0 Å². The quantitative estimate of drug-likeness (QED) is 0.0915. The molecule has 0 saturated carbocycles. The van der Waals surface area contributed by atoms with Gasteiger partial charge in [-0.3, -0.25) is 0 Å². The fourth-order valence-electron chi connectivity index (χ4n) is 4.52. The van der Waals surface area contributed by atoms with Gasteiger partial charge in [-0.15, -0.1) is 0 Å². The zero-order valence-electron chi connectivity index (χ0n) is 21.8. The van der Waals surface area contributed by atoms with Gasteiger partial charge in [-0.05, 0) is 38.5 Å². The molecule has 0 atom stereocenters. The number of unbranched alkanes of at least 4 members (excludes halogenated alkanes) is 24. The number of aliphatic hydroxyl groups excluding tert-OH is 2. The summed E-state index contributed by atoms with van der Waals surface area (Å²) in [6, 6.07) is 0. The van der Waals surface area contributed by atoms with Crippen LogP contribution < -0.4 is 0 Å². The van der Waals surface area contributed by atoms with Crippen molar-refractivity contribution >= 4 is 0 Å². The van der Waals surface area contributed by atoms with E-state index < -0.39 is 0 Å². The maximum Gasteiger partial charge on any atom is 0.0431 e. The lowest BCUT2D eigenvalue weighted by Crippen LogP contribution is -1.85. The van der Waals surface area contributed by atoms with Crippen LogP contribution in [-0.2, 0) is 0 Å². The molecule has 0 aromatic rings. The molecular formula is C30H60O2. The second kappa shape index (κ2) is 30.7. The van der Waals surface area contributed by atoms with Crippen molar-refractivity contribution in [3.05, 3.63) is 12.2 Å². The Balaban J connectivity index is 3.06. The molecule has 2 heteroatoms. The first-order valence-electron chi connectivity index (χ1n) is 14.8. The maximum atomic E-state index is 8.76. The highest BCUT2D eigenvalue weighted by Gasteiger charge is 1.95. The Kier molecular flexibility index (Phi) is 30.3. The number of rotatable bonds is 28. The van der Waals surface area contributed by atoms with E-state index in [1.807, 2.05) is 0 Å². The first-order chi connectivity index (χ1) is 15.9. The number of hydrogen-bond donors (Lipinski definition) is 2. The maximum absolute atomic E-state index is 8.76. The van der Waals surface area contributed by atoms with Crippen molar-refractivity contribution in [2.24, 2.45) is 0 Å². The lowest BCUT2D eigenvalue weighted by atomic mass is 10.0. The van der Waals surface area contributed by atoms with Gasteiger partial charge < -0.3 is 10.2 Å². The fourth-order valence-corrected chi connectivity index (χ4v) is 4.52. The molecule has 0 rings (SSSR count). The van der Waals surface area contributed by atoms with Crippen LogP contribution in [0.25, 0.3) is 0 Å². The molecule has 32 heavy (non-hydrogen) atoms. The van der Waals surface area contributed by atoms with Crippen LogP contribution in [0.4, 0.5) is 0 Å². The minimum Gasteiger partial charge on any atom is -0.396 e. The van der Waals surface area contributed by atoms with Crippen molar-refractivity contribution in [3.63, 3.8) is 0 Å². The van der Waals surface area contributed by atoms with Gasteiger partial charge in [-0.2, -0.15) is 0 Å². The summed E-state index contributed by atoms with van der Waals surface area (Å²) in [5.41, 5.74) is 0. The van der Waals surface area contributed by atoms with Crippen molar-refractivity contribution in [1.82, 2.24) is 0 Å². The fraction of sp³-hybridized carbons (Fsp3) is 0.933. The number of allylic oxidation sites excluding steroid dienone is 2. The Morgan fingerprint density at radius 2 is 0.438 bits per heavy atom. The van der Waals surface area contributed by atoms with Crippen molar-refractivity contribution in [2.75, 3.05) is 13.2 Å². The van der Waals surface area contributed by atoms with Gasteiger partial charge in [0.1, 0.15) is 0 Å². The van der Waals surface area contributed by atoms with Crippen LogP contribution in [-0.4, -0.2) is 23.4 Å². The molecule has 0 saturated heterocycles. The first-order valence-corrected chi connectivity index (χ1v) is 14.8.